The smallest absolute Gasteiger partial charge is 0.144 e. The van der Waals surface area contributed by atoms with Crippen LogP contribution in [0.5, 0.6) is 0 Å². The Kier molecular flexibility index (Phi) is 6.00. The molecule has 1 atom stereocenters. The van der Waals surface area contributed by atoms with E-state index in [1.54, 1.807) is 0 Å². The van der Waals surface area contributed by atoms with Crippen LogP contribution in [0, 0.1) is 5.92 Å². The molecule has 0 bridgehead atoms. The number of hydrogen-bond donors (Lipinski definition) is 1. The Balaban J connectivity index is 1.48. The summed E-state index contributed by atoms with van der Waals surface area (Å²) in [6.07, 6.45) is 5.19. The molecule has 3 rings (SSSR count). The lowest BCUT2D eigenvalue weighted by Crippen LogP contribution is -2.43. The van der Waals surface area contributed by atoms with Crippen molar-refractivity contribution in [1.29, 1.82) is 0 Å². The van der Waals surface area contributed by atoms with Crippen LogP contribution >= 0.6 is 0 Å². The van der Waals surface area contributed by atoms with Crippen LogP contribution < -0.4 is 5.73 Å². The Morgan fingerprint density at radius 2 is 1.60 bits per heavy atom. The molecule has 3 heteroatoms. The molecule has 1 unspecified atom stereocenters. The van der Waals surface area contributed by atoms with E-state index in [1.807, 2.05) is 30.3 Å². The third-order valence-electron chi connectivity index (χ3n) is 5.44. The number of nitrogens with zero attached hydrogens (tertiary/aromatic N) is 1. The van der Waals surface area contributed by atoms with Gasteiger partial charge >= 0.3 is 0 Å². The molecular weight excluding hydrogens is 308 g/mol. The summed E-state index contributed by atoms with van der Waals surface area (Å²) in [6, 6.07) is 20.5. The molecule has 0 aliphatic carbocycles. The van der Waals surface area contributed by atoms with Crippen LogP contribution in [0.2, 0.25) is 0 Å². The van der Waals surface area contributed by atoms with Crippen LogP contribution in [-0.4, -0.2) is 30.8 Å². The molecule has 1 aliphatic heterocycles. The fourth-order valence-corrected chi connectivity index (χ4v) is 3.72. The molecule has 2 aromatic carbocycles. The Bertz CT molecular complexity index is 650. The van der Waals surface area contributed by atoms with Gasteiger partial charge in [-0.15, -0.1) is 0 Å². The zero-order chi connectivity index (χ0) is 17.5. The zero-order valence-electron chi connectivity index (χ0n) is 14.8. The van der Waals surface area contributed by atoms with E-state index in [2.05, 4.69) is 35.2 Å². The molecule has 3 nitrogen and oxygen atoms in total. The maximum absolute atomic E-state index is 11.6. The molecule has 0 amide bonds. The van der Waals surface area contributed by atoms with E-state index in [4.69, 9.17) is 5.73 Å². The number of benzene rings is 2. The first kappa shape index (κ1) is 17.8. The first-order valence-electron chi connectivity index (χ1n) is 9.26. The van der Waals surface area contributed by atoms with Gasteiger partial charge in [-0.3, -0.25) is 0 Å². The number of hydrogen-bond acceptors (Lipinski definition) is 3. The standard InChI is InChI=1S/C22H28N2O/c23-22(18-25,21-9-5-2-6-10-21)13-16-24-14-11-20(12-15-24)17-19-7-3-1-4-8-19/h1-10,18,20H,11-17,23H2. The number of piperidine rings is 1. The van der Waals surface area contributed by atoms with Crippen molar-refractivity contribution < 1.29 is 4.79 Å². The SMILES string of the molecule is NC(C=O)(CCN1CCC(Cc2ccccc2)CC1)c1ccccc1. The molecule has 0 saturated carbocycles. The van der Waals surface area contributed by atoms with E-state index < -0.39 is 5.54 Å². The van der Waals surface area contributed by atoms with Crippen LogP contribution in [-0.2, 0) is 16.8 Å². The summed E-state index contributed by atoms with van der Waals surface area (Å²) in [5.74, 6) is 0.765. The topological polar surface area (TPSA) is 46.3 Å². The minimum atomic E-state index is -0.873. The van der Waals surface area contributed by atoms with Gasteiger partial charge in [-0.1, -0.05) is 60.7 Å². The third kappa shape index (κ3) is 4.77. The molecular formula is C22H28N2O. The second-order valence-corrected chi connectivity index (χ2v) is 7.25. The zero-order valence-corrected chi connectivity index (χ0v) is 14.8. The summed E-state index contributed by atoms with van der Waals surface area (Å²) in [4.78, 5) is 14.1. The average Bonchev–Trinajstić information content (AvgIpc) is 2.69. The van der Waals surface area contributed by atoms with Crippen molar-refractivity contribution in [3.8, 4) is 0 Å². The van der Waals surface area contributed by atoms with Gasteiger partial charge in [0.1, 0.15) is 6.29 Å². The van der Waals surface area contributed by atoms with E-state index in [0.29, 0.717) is 6.42 Å². The number of aldehydes is 1. The van der Waals surface area contributed by atoms with Crippen molar-refractivity contribution in [3.63, 3.8) is 0 Å². The molecule has 0 radical (unpaired) electrons. The fourth-order valence-electron chi connectivity index (χ4n) is 3.72. The van der Waals surface area contributed by atoms with Gasteiger partial charge in [-0.25, -0.2) is 0 Å². The molecule has 25 heavy (non-hydrogen) atoms. The van der Waals surface area contributed by atoms with Crippen LogP contribution in [0.15, 0.2) is 60.7 Å². The number of nitrogens with two attached hydrogens (primary N) is 1. The number of likely N-dealkylation sites (tertiary alicyclic amines) is 1. The maximum Gasteiger partial charge on any atom is 0.144 e. The monoisotopic (exact) mass is 336 g/mol. The van der Waals surface area contributed by atoms with E-state index in [1.165, 1.54) is 24.8 Å². The van der Waals surface area contributed by atoms with E-state index >= 15 is 0 Å². The molecule has 0 aromatic heterocycles. The van der Waals surface area contributed by atoms with Gasteiger partial charge in [0, 0.05) is 6.54 Å². The summed E-state index contributed by atoms with van der Waals surface area (Å²) in [5.41, 5.74) is 7.84. The third-order valence-corrected chi connectivity index (χ3v) is 5.44. The van der Waals surface area contributed by atoms with Gasteiger partial charge in [-0.05, 0) is 55.8 Å². The van der Waals surface area contributed by atoms with Crippen molar-refractivity contribution in [1.82, 2.24) is 4.90 Å². The van der Waals surface area contributed by atoms with Crippen molar-refractivity contribution in [2.24, 2.45) is 11.7 Å². The lowest BCUT2D eigenvalue weighted by Gasteiger charge is -2.34. The van der Waals surface area contributed by atoms with Gasteiger partial charge in [0.05, 0.1) is 5.54 Å². The van der Waals surface area contributed by atoms with Gasteiger partial charge in [-0.2, -0.15) is 0 Å². The lowest BCUT2D eigenvalue weighted by molar-refractivity contribution is -0.112. The number of rotatable bonds is 7. The molecule has 0 spiro atoms. The van der Waals surface area contributed by atoms with Gasteiger partial charge in [0.15, 0.2) is 0 Å². The summed E-state index contributed by atoms with van der Waals surface area (Å²) < 4.78 is 0. The molecule has 132 valence electrons. The molecule has 2 aromatic rings. The van der Waals surface area contributed by atoms with Gasteiger partial charge in [0.2, 0.25) is 0 Å². The van der Waals surface area contributed by atoms with Gasteiger partial charge in [0.25, 0.3) is 0 Å². The largest absolute Gasteiger partial charge is 0.315 e. The van der Waals surface area contributed by atoms with Crippen LogP contribution in [0.25, 0.3) is 0 Å². The molecule has 1 saturated heterocycles. The highest BCUT2D eigenvalue weighted by atomic mass is 16.1. The summed E-state index contributed by atoms with van der Waals surface area (Å²) >= 11 is 0. The highest BCUT2D eigenvalue weighted by Crippen LogP contribution is 2.24. The minimum Gasteiger partial charge on any atom is -0.315 e. The molecule has 2 N–H and O–H groups in total. The average molecular weight is 336 g/mol. The van der Waals surface area contributed by atoms with Crippen molar-refractivity contribution in [3.05, 3.63) is 71.8 Å². The van der Waals surface area contributed by atoms with Gasteiger partial charge < -0.3 is 15.4 Å². The van der Waals surface area contributed by atoms with E-state index in [9.17, 15) is 4.79 Å². The minimum absolute atomic E-state index is 0.671. The van der Waals surface area contributed by atoms with Crippen molar-refractivity contribution in [2.45, 2.75) is 31.2 Å². The van der Waals surface area contributed by atoms with Crippen LogP contribution in [0.4, 0.5) is 0 Å². The van der Waals surface area contributed by atoms with Crippen molar-refractivity contribution in [2.75, 3.05) is 19.6 Å². The predicted molar refractivity (Wildman–Crippen MR) is 102 cm³/mol. The summed E-state index contributed by atoms with van der Waals surface area (Å²) in [7, 11) is 0. The molecule has 1 heterocycles. The predicted octanol–water partition coefficient (Wildman–Crippen LogP) is 3.38. The summed E-state index contributed by atoms with van der Waals surface area (Å²) in [6.45, 7) is 3.07. The fraction of sp³-hybridized carbons (Fsp3) is 0.409. The van der Waals surface area contributed by atoms with Crippen LogP contribution in [0.3, 0.4) is 0 Å². The second kappa shape index (κ2) is 8.41. The quantitative estimate of drug-likeness (QED) is 0.789. The number of carbonyl (C=O) groups excluding carboxylic acids is 1. The second-order valence-electron chi connectivity index (χ2n) is 7.25. The van der Waals surface area contributed by atoms with Crippen LogP contribution in [0.1, 0.15) is 30.4 Å². The Morgan fingerprint density at radius 1 is 1.00 bits per heavy atom. The Morgan fingerprint density at radius 3 is 2.20 bits per heavy atom. The Hall–Kier alpha value is -1.97. The van der Waals surface area contributed by atoms with E-state index in [0.717, 1.165) is 37.4 Å². The normalized spacial score (nSPS) is 18.6. The number of carbonyl (C=O) groups is 1. The van der Waals surface area contributed by atoms with E-state index in [-0.39, 0.29) is 0 Å². The first-order chi connectivity index (χ1) is 12.2. The molecule has 1 aliphatic rings. The highest BCUT2D eigenvalue weighted by molar-refractivity contribution is 5.67. The molecule has 1 fully saturated rings. The first-order valence-corrected chi connectivity index (χ1v) is 9.26. The Labute approximate surface area is 150 Å². The van der Waals surface area contributed by atoms with Crippen molar-refractivity contribution >= 4 is 6.29 Å². The summed E-state index contributed by atoms with van der Waals surface area (Å²) in [5, 5.41) is 0. The maximum atomic E-state index is 11.6. The highest BCUT2D eigenvalue weighted by Gasteiger charge is 2.28. The lowest BCUT2D eigenvalue weighted by atomic mass is 9.87.